The molecule has 0 aliphatic heterocycles. The first-order valence-electron chi connectivity index (χ1n) is 16.2. The number of carbonyl (C=O) groups is 2. The van der Waals surface area contributed by atoms with Crippen molar-refractivity contribution in [3.05, 3.63) is 69.6 Å². The fourth-order valence-corrected chi connectivity index (χ4v) is 6.42. The van der Waals surface area contributed by atoms with Gasteiger partial charge in [-0.2, -0.15) is 27.2 Å². The number of alkyl halides is 5. The summed E-state index contributed by atoms with van der Waals surface area (Å²) in [5.41, 5.74) is 2.71. The highest BCUT2D eigenvalue weighted by molar-refractivity contribution is 6.06. The third kappa shape index (κ3) is 9.94. The molecule has 0 N–H and O–H groups in total. The summed E-state index contributed by atoms with van der Waals surface area (Å²) in [7, 11) is 0. The largest absolute Gasteiger partial charge is 0.435 e. The summed E-state index contributed by atoms with van der Waals surface area (Å²) in [4.78, 5) is 25.3. The molecule has 1 aromatic rings. The first kappa shape index (κ1) is 37.8. The highest BCUT2D eigenvalue weighted by Crippen LogP contribution is 2.43. The van der Waals surface area contributed by atoms with Gasteiger partial charge in [0.1, 0.15) is 23.9 Å². The SMILES string of the molecule is CCC(CC(C1=C(C)CCC=C(C(=O)C(C=O)CCCC(C)C(F)(F)F)C=C1)=C(C#N)c1c(C)cc(OC(F)F)cc1F)C1CCC1. The van der Waals surface area contributed by atoms with E-state index in [1.165, 1.54) is 13.0 Å². The van der Waals surface area contributed by atoms with Gasteiger partial charge < -0.3 is 9.53 Å². The summed E-state index contributed by atoms with van der Waals surface area (Å²) < 4.78 is 84.7. The molecule has 3 unspecified atom stereocenters. The Morgan fingerprint density at radius 2 is 1.85 bits per heavy atom. The summed E-state index contributed by atoms with van der Waals surface area (Å²) in [6.07, 6.45) is 6.36. The standard InChI is InChI=1S/C37H43F6NO3/c1-5-25(26-11-8-12-26)18-31(32(20-44)34-23(3)17-29(19-33(34)38)47-36(39)40)30-16-15-27(13-6-9-22(30)2)35(46)28(21-45)14-7-10-24(4)37(41,42)43/h13,15-17,19,21,24-26,28,36H,5-12,14,18H2,1-4H3. The minimum atomic E-state index is -4.35. The number of nitrogens with zero attached hydrogens (tertiary/aromatic N) is 1. The molecule has 4 nitrogen and oxygen atoms in total. The lowest BCUT2D eigenvalue weighted by atomic mass is 9.70. The molecule has 0 amide bonds. The van der Waals surface area contributed by atoms with Gasteiger partial charge in [0.15, 0.2) is 5.78 Å². The van der Waals surface area contributed by atoms with Gasteiger partial charge in [-0.1, -0.05) is 69.8 Å². The summed E-state index contributed by atoms with van der Waals surface area (Å²) in [6.45, 7) is 3.42. The van der Waals surface area contributed by atoms with Gasteiger partial charge in [0, 0.05) is 17.2 Å². The maximum absolute atomic E-state index is 15.6. The van der Waals surface area contributed by atoms with Gasteiger partial charge in [0.2, 0.25) is 0 Å². The number of aryl methyl sites for hydroxylation is 1. The van der Waals surface area contributed by atoms with Crippen LogP contribution >= 0.6 is 0 Å². The number of aldehydes is 1. The molecule has 10 heteroatoms. The van der Waals surface area contributed by atoms with Crippen LogP contribution in [0.15, 0.2) is 52.7 Å². The molecule has 47 heavy (non-hydrogen) atoms. The fourth-order valence-electron chi connectivity index (χ4n) is 6.42. The zero-order valence-electron chi connectivity index (χ0n) is 27.4. The number of Topliss-reactive ketones (excluding diaryl/α,β-unsaturated/α-hetero) is 1. The van der Waals surface area contributed by atoms with Crippen molar-refractivity contribution in [1.29, 1.82) is 5.26 Å². The van der Waals surface area contributed by atoms with E-state index in [4.69, 9.17) is 0 Å². The molecule has 2 aliphatic carbocycles. The van der Waals surface area contributed by atoms with Gasteiger partial charge >= 0.3 is 12.8 Å². The molecule has 1 saturated carbocycles. The van der Waals surface area contributed by atoms with Crippen molar-refractivity contribution in [3.63, 3.8) is 0 Å². The van der Waals surface area contributed by atoms with Crippen LogP contribution in [0, 0.1) is 47.7 Å². The number of carbonyl (C=O) groups excluding carboxylic acids is 2. The van der Waals surface area contributed by atoms with E-state index in [-0.39, 0.29) is 53.2 Å². The van der Waals surface area contributed by atoms with Crippen molar-refractivity contribution in [3.8, 4) is 11.8 Å². The zero-order chi connectivity index (χ0) is 34.9. The Morgan fingerprint density at radius 1 is 1.15 bits per heavy atom. The quantitative estimate of drug-likeness (QED) is 0.0811. The maximum Gasteiger partial charge on any atom is 0.391 e. The molecule has 256 valence electrons. The average Bonchev–Trinajstić information content (AvgIpc) is 2.95. The minimum Gasteiger partial charge on any atom is -0.435 e. The van der Waals surface area contributed by atoms with Crippen molar-refractivity contribution in [2.75, 3.05) is 0 Å². The van der Waals surface area contributed by atoms with Crippen LogP contribution in [-0.4, -0.2) is 24.9 Å². The molecule has 3 rings (SSSR count). The molecule has 0 spiro atoms. The Balaban J connectivity index is 2.05. The van der Waals surface area contributed by atoms with Crippen molar-refractivity contribution >= 4 is 17.6 Å². The van der Waals surface area contributed by atoms with E-state index in [9.17, 15) is 36.8 Å². The summed E-state index contributed by atoms with van der Waals surface area (Å²) in [5, 5.41) is 10.5. The van der Waals surface area contributed by atoms with Crippen LogP contribution in [0.2, 0.25) is 0 Å². The summed E-state index contributed by atoms with van der Waals surface area (Å²) >= 11 is 0. The van der Waals surface area contributed by atoms with E-state index in [0.717, 1.165) is 44.2 Å². The van der Waals surface area contributed by atoms with E-state index >= 15 is 4.39 Å². The predicted octanol–water partition coefficient (Wildman–Crippen LogP) is 10.6. The summed E-state index contributed by atoms with van der Waals surface area (Å²) in [5.74, 6) is -3.73. The first-order valence-corrected chi connectivity index (χ1v) is 16.2. The smallest absolute Gasteiger partial charge is 0.391 e. The van der Waals surface area contributed by atoms with Crippen molar-refractivity contribution in [2.45, 2.75) is 105 Å². The molecule has 0 radical (unpaired) electrons. The van der Waals surface area contributed by atoms with Crippen molar-refractivity contribution < 1.29 is 40.7 Å². The Bertz CT molecular complexity index is 1440. The van der Waals surface area contributed by atoms with Crippen LogP contribution in [0.1, 0.15) is 96.1 Å². The highest BCUT2D eigenvalue weighted by atomic mass is 19.4. The second kappa shape index (κ2) is 17.0. The highest BCUT2D eigenvalue weighted by Gasteiger charge is 2.35. The van der Waals surface area contributed by atoms with E-state index in [1.807, 2.05) is 6.92 Å². The van der Waals surface area contributed by atoms with Gasteiger partial charge in [-0.15, -0.1) is 0 Å². The monoisotopic (exact) mass is 663 g/mol. The Morgan fingerprint density at radius 3 is 2.38 bits per heavy atom. The number of hydrogen-bond donors (Lipinski definition) is 0. The third-order valence-corrected chi connectivity index (χ3v) is 9.55. The van der Waals surface area contributed by atoms with Crippen LogP contribution in [0.25, 0.3) is 5.57 Å². The van der Waals surface area contributed by atoms with Crippen LogP contribution in [0.5, 0.6) is 5.75 Å². The van der Waals surface area contributed by atoms with Crippen LogP contribution in [0.3, 0.4) is 0 Å². The number of halogens is 6. The minimum absolute atomic E-state index is 0.00992. The first-order chi connectivity index (χ1) is 22.2. The van der Waals surface area contributed by atoms with E-state index in [0.29, 0.717) is 42.6 Å². The van der Waals surface area contributed by atoms with E-state index in [1.54, 1.807) is 18.2 Å². The molecule has 2 aliphatic rings. The Labute approximate surface area is 273 Å². The molecular weight excluding hydrogens is 620 g/mol. The molecule has 0 bridgehead atoms. The molecule has 0 saturated heterocycles. The van der Waals surface area contributed by atoms with Crippen LogP contribution in [-0.2, 0) is 9.59 Å². The third-order valence-electron chi connectivity index (χ3n) is 9.55. The van der Waals surface area contributed by atoms with Gasteiger partial charge in [-0.3, -0.25) is 4.79 Å². The van der Waals surface area contributed by atoms with Gasteiger partial charge in [0.25, 0.3) is 0 Å². The molecule has 0 heterocycles. The topological polar surface area (TPSA) is 67.2 Å². The molecule has 3 atom stereocenters. The van der Waals surface area contributed by atoms with E-state index in [2.05, 4.69) is 17.7 Å². The fraction of sp³-hybridized carbons (Fsp3) is 0.541. The lowest BCUT2D eigenvalue weighted by Gasteiger charge is -2.34. The predicted molar refractivity (Wildman–Crippen MR) is 169 cm³/mol. The van der Waals surface area contributed by atoms with Gasteiger partial charge in [-0.25, -0.2) is 4.39 Å². The lowest BCUT2D eigenvalue weighted by molar-refractivity contribution is -0.171. The Kier molecular flexibility index (Phi) is 13.7. The zero-order valence-corrected chi connectivity index (χ0v) is 27.4. The molecular formula is C37H43F6NO3. The van der Waals surface area contributed by atoms with Gasteiger partial charge in [0.05, 0.1) is 17.4 Å². The average molecular weight is 664 g/mol. The number of ether oxygens (including phenoxy) is 1. The molecule has 1 aromatic carbocycles. The molecule has 0 aromatic heterocycles. The number of nitriles is 1. The van der Waals surface area contributed by atoms with Crippen molar-refractivity contribution in [1.82, 2.24) is 0 Å². The number of rotatable bonds is 15. The second-order valence-electron chi connectivity index (χ2n) is 12.7. The number of benzene rings is 1. The number of ketones is 1. The van der Waals surface area contributed by atoms with E-state index < -0.39 is 36.2 Å². The maximum atomic E-state index is 15.6. The van der Waals surface area contributed by atoms with Crippen LogP contribution < -0.4 is 4.74 Å². The normalized spacial score (nSPS) is 18.3. The second-order valence-corrected chi connectivity index (χ2v) is 12.7. The molecule has 1 fully saturated rings. The van der Waals surface area contributed by atoms with Crippen LogP contribution in [0.4, 0.5) is 26.3 Å². The number of allylic oxidation sites excluding steroid dienone is 8. The van der Waals surface area contributed by atoms with Crippen molar-refractivity contribution in [2.24, 2.45) is 23.7 Å². The Hall–Kier alpha value is -3.61. The van der Waals surface area contributed by atoms with Gasteiger partial charge in [-0.05, 0) is 80.6 Å². The number of hydrogen-bond acceptors (Lipinski definition) is 4. The lowest BCUT2D eigenvalue weighted by Crippen LogP contribution is -2.23. The summed E-state index contributed by atoms with van der Waals surface area (Å²) in [6, 6.07) is 4.31.